The first-order valence-corrected chi connectivity index (χ1v) is 8.33. The lowest BCUT2D eigenvalue weighted by atomic mass is 10.1. The molecule has 0 fully saturated rings. The molecule has 0 saturated heterocycles. The molecule has 0 aliphatic carbocycles. The SMILES string of the molecule is COC(=O)c1cc(-c2ccc(Cl)cc2)nc2c(-c3ccccc3)cnn12. The van der Waals surface area contributed by atoms with Gasteiger partial charge in [0.2, 0.25) is 0 Å². The Labute approximate surface area is 154 Å². The normalized spacial score (nSPS) is 10.8. The highest BCUT2D eigenvalue weighted by molar-refractivity contribution is 6.30. The number of carbonyl (C=O) groups excluding carboxylic acids is 1. The molecule has 4 rings (SSSR count). The summed E-state index contributed by atoms with van der Waals surface area (Å²) < 4.78 is 6.43. The number of ether oxygens (including phenoxy) is 1. The van der Waals surface area contributed by atoms with Crippen molar-refractivity contribution >= 4 is 23.2 Å². The zero-order valence-corrected chi connectivity index (χ0v) is 14.6. The van der Waals surface area contributed by atoms with Crippen LogP contribution in [0.4, 0.5) is 0 Å². The summed E-state index contributed by atoms with van der Waals surface area (Å²) in [6.07, 6.45) is 1.70. The van der Waals surface area contributed by atoms with Gasteiger partial charge in [0.15, 0.2) is 11.3 Å². The van der Waals surface area contributed by atoms with E-state index in [9.17, 15) is 4.79 Å². The maximum atomic E-state index is 12.3. The Bertz CT molecular complexity index is 1090. The third-order valence-corrected chi connectivity index (χ3v) is 4.34. The number of methoxy groups -OCH3 is 1. The Morgan fingerprint density at radius 1 is 1.04 bits per heavy atom. The number of carbonyl (C=O) groups is 1. The number of halogens is 1. The molecule has 4 aromatic rings. The number of nitrogens with zero attached hydrogens (tertiary/aromatic N) is 3. The number of esters is 1. The van der Waals surface area contributed by atoms with Crippen molar-refractivity contribution in [3.05, 3.63) is 77.6 Å². The molecule has 0 bridgehead atoms. The molecule has 26 heavy (non-hydrogen) atoms. The maximum absolute atomic E-state index is 12.3. The van der Waals surface area contributed by atoms with Gasteiger partial charge in [0, 0.05) is 16.1 Å². The van der Waals surface area contributed by atoms with Crippen LogP contribution < -0.4 is 0 Å². The second kappa shape index (κ2) is 6.61. The lowest BCUT2D eigenvalue weighted by molar-refractivity contribution is 0.0590. The largest absolute Gasteiger partial charge is 0.464 e. The number of hydrogen-bond acceptors (Lipinski definition) is 4. The number of aromatic nitrogens is 3. The van der Waals surface area contributed by atoms with Crippen LogP contribution in [0.5, 0.6) is 0 Å². The fourth-order valence-electron chi connectivity index (χ4n) is 2.80. The maximum Gasteiger partial charge on any atom is 0.356 e. The first kappa shape index (κ1) is 16.3. The molecule has 0 aliphatic rings. The van der Waals surface area contributed by atoms with Gasteiger partial charge < -0.3 is 4.74 Å². The first-order valence-electron chi connectivity index (χ1n) is 7.96. The van der Waals surface area contributed by atoms with Crippen LogP contribution in [0, 0.1) is 0 Å². The lowest BCUT2D eigenvalue weighted by Crippen LogP contribution is -2.10. The average Bonchev–Trinajstić information content (AvgIpc) is 3.12. The third kappa shape index (κ3) is 2.82. The van der Waals surface area contributed by atoms with E-state index in [1.54, 1.807) is 24.4 Å². The number of fused-ring (bicyclic) bond motifs is 1. The van der Waals surface area contributed by atoms with Crippen molar-refractivity contribution in [2.75, 3.05) is 7.11 Å². The van der Waals surface area contributed by atoms with Gasteiger partial charge in [-0.3, -0.25) is 0 Å². The monoisotopic (exact) mass is 363 g/mol. The minimum Gasteiger partial charge on any atom is -0.464 e. The summed E-state index contributed by atoms with van der Waals surface area (Å²) in [6, 6.07) is 18.8. The summed E-state index contributed by atoms with van der Waals surface area (Å²) in [6.45, 7) is 0. The average molecular weight is 364 g/mol. The molecule has 0 N–H and O–H groups in total. The Morgan fingerprint density at radius 2 is 1.77 bits per heavy atom. The summed E-state index contributed by atoms with van der Waals surface area (Å²) >= 11 is 5.98. The highest BCUT2D eigenvalue weighted by atomic mass is 35.5. The zero-order valence-electron chi connectivity index (χ0n) is 13.9. The molecule has 2 aromatic carbocycles. The molecule has 2 aromatic heterocycles. The Hall–Kier alpha value is -3.18. The van der Waals surface area contributed by atoms with Gasteiger partial charge in [-0.15, -0.1) is 0 Å². The fourth-order valence-corrected chi connectivity index (χ4v) is 2.93. The molecular weight excluding hydrogens is 350 g/mol. The van der Waals surface area contributed by atoms with Crippen molar-refractivity contribution in [1.82, 2.24) is 14.6 Å². The molecule has 6 heteroatoms. The second-order valence-electron chi connectivity index (χ2n) is 5.68. The van der Waals surface area contributed by atoms with E-state index in [0.29, 0.717) is 22.1 Å². The predicted molar refractivity (Wildman–Crippen MR) is 100 cm³/mol. The van der Waals surface area contributed by atoms with E-state index in [4.69, 9.17) is 21.3 Å². The summed E-state index contributed by atoms with van der Waals surface area (Å²) in [5, 5.41) is 4.98. The van der Waals surface area contributed by atoms with E-state index in [1.807, 2.05) is 42.5 Å². The molecule has 0 unspecified atom stereocenters. The summed E-state index contributed by atoms with van der Waals surface area (Å²) in [5.74, 6) is -0.477. The molecule has 0 radical (unpaired) electrons. The Morgan fingerprint density at radius 3 is 2.46 bits per heavy atom. The van der Waals surface area contributed by atoms with E-state index < -0.39 is 5.97 Å². The summed E-state index contributed by atoms with van der Waals surface area (Å²) in [5.41, 5.74) is 4.20. The van der Waals surface area contributed by atoms with Gasteiger partial charge in [0.25, 0.3) is 0 Å². The molecule has 128 valence electrons. The lowest BCUT2D eigenvalue weighted by Gasteiger charge is -2.08. The molecule has 0 atom stereocenters. The van der Waals surface area contributed by atoms with Gasteiger partial charge in [0.1, 0.15) is 0 Å². The first-order chi connectivity index (χ1) is 12.7. The highest BCUT2D eigenvalue weighted by Gasteiger charge is 2.18. The van der Waals surface area contributed by atoms with Crippen LogP contribution in [0.15, 0.2) is 66.9 Å². The van der Waals surface area contributed by atoms with Crippen molar-refractivity contribution in [2.24, 2.45) is 0 Å². The molecule has 0 spiro atoms. The van der Waals surface area contributed by atoms with Crippen molar-refractivity contribution in [1.29, 1.82) is 0 Å². The topological polar surface area (TPSA) is 56.5 Å². The standard InChI is InChI=1S/C20H14ClN3O2/c1-26-20(25)18-11-17(14-7-9-15(21)10-8-14)23-19-16(12-22-24(18)19)13-5-3-2-4-6-13/h2-12H,1H3. The minimum atomic E-state index is -0.477. The van der Waals surface area contributed by atoms with Gasteiger partial charge in [-0.05, 0) is 23.8 Å². The van der Waals surface area contributed by atoms with Crippen LogP contribution in [0.25, 0.3) is 28.0 Å². The van der Waals surface area contributed by atoms with Crippen LogP contribution in [0.1, 0.15) is 10.5 Å². The summed E-state index contributed by atoms with van der Waals surface area (Å²) in [7, 11) is 1.35. The predicted octanol–water partition coefficient (Wildman–Crippen LogP) is 4.50. The Kier molecular flexibility index (Phi) is 4.14. The van der Waals surface area contributed by atoms with Gasteiger partial charge in [-0.1, -0.05) is 54.1 Å². The van der Waals surface area contributed by atoms with Gasteiger partial charge in [-0.2, -0.15) is 5.10 Å². The van der Waals surface area contributed by atoms with Crippen LogP contribution in [-0.4, -0.2) is 27.7 Å². The minimum absolute atomic E-state index is 0.310. The molecule has 0 aliphatic heterocycles. The van der Waals surface area contributed by atoms with E-state index in [2.05, 4.69) is 5.10 Å². The number of rotatable bonds is 3. The van der Waals surface area contributed by atoms with Crippen molar-refractivity contribution < 1.29 is 9.53 Å². The van der Waals surface area contributed by atoms with Crippen LogP contribution in [-0.2, 0) is 4.74 Å². The molecular formula is C20H14ClN3O2. The van der Waals surface area contributed by atoms with Crippen molar-refractivity contribution in [2.45, 2.75) is 0 Å². The van der Waals surface area contributed by atoms with Crippen LogP contribution in [0.2, 0.25) is 5.02 Å². The third-order valence-electron chi connectivity index (χ3n) is 4.09. The van der Waals surface area contributed by atoms with Gasteiger partial charge in [0.05, 0.1) is 19.0 Å². The van der Waals surface area contributed by atoms with Crippen LogP contribution in [0.3, 0.4) is 0 Å². The van der Waals surface area contributed by atoms with Gasteiger partial charge >= 0.3 is 5.97 Å². The molecule has 5 nitrogen and oxygen atoms in total. The quantitative estimate of drug-likeness (QED) is 0.503. The Balaban J connectivity index is 1.99. The fraction of sp³-hybridized carbons (Fsp3) is 0.0500. The zero-order chi connectivity index (χ0) is 18.1. The van der Waals surface area contributed by atoms with Crippen molar-refractivity contribution in [3.8, 4) is 22.4 Å². The highest BCUT2D eigenvalue weighted by Crippen LogP contribution is 2.28. The van der Waals surface area contributed by atoms with Crippen molar-refractivity contribution in [3.63, 3.8) is 0 Å². The van der Waals surface area contributed by atoms with E-state index in [1.165, 1.54) is 11.6 Å². The van der Waals surface area contributed by atoms with E-state index >= 15 is 0 Å². The van der Waals surface area contributed by atoms with E-state index in [0.717, 1.165) is 16.7 Å². The number of hydrogen-bond donors (Lipinski definition) is 0. The molecule has 0 amide bonds. The molecule has 0 saturated carbocycles. The second-order valence-corrected chi connectivity index (χ2v) is 6.12. The smallest absolute Gasteiger partial charge is 0.356 e. The molecule has 2 heterocycles. The van der Waals surface area contributed by atoms with E-state index in [-0.39, 0.29) is 0 Å². The summed E-state index contributed by atoms with van der Waals surface area (Å²) in [4.78, 5) is 17.0. The van der Waals surface area contributed by atoms with Crippen LogP contribution >= 0.6 is 11.6 Å². The van der Waals surface area contributed by atoms with Gasteiger partial charge in [-0.25, -0.2) is 14.3 Å². The number of benzene rings is 2.